The van der Waals surface area contributed by atoms with Gasteiger partial charge in [0.15, 0.2) is 38.6 Å². The second kappa shape index (κ2) is 25.7. The third-order valence-electron chi connectivity index (χ3n) is 10.7. The zero-order valence-electron chi connectivity index (χ0n) is 40.2. The molecule has 0 heterocycles. The summed E-state index contributed by atoms with van der Waals surface area (Å²) in [5, 5.41) is 17.7. The molecule has 0 saturated heterocycles. The molecule has 0 aliphatic rings. The molecule has 5 aromatic carbocycles. The standard InChI is InChI=1S/C55H54N4O12S/c1-8-29-69-48-43(54(63)59-46-26-24-44(55(64)71-31-10-3)49(51(46)68-7)70-30-9-2)23-25-45(50(48)67-6)58-52(61)39-17-19-41(20-18-39)57-53(62)40(27-28-56)34-72(65,66)42-21-15-38(16-22-42)33-47(60)36(5)32-37-13-11-35(4)12-14-37/h8-26,32,40H,1-3,27,29-31,33-34H2,4-7H3,(H,57,62)(H,58,61)(H,59,63)/b36-32+/t40-/m1/s1. The predicted molar refractivity (Wildman–Crippen MR) is 275 cm³/mol. The maximum Gasteiger partial charge on any atom is 0.342 e. The molecule has 0 radical (unpaired) electrons. The van der Waals surface area contributed by atoms with Crippen LogP contribution in [-0.4, -0.2) is 77.7 Å². The van der Waals surface area contributed by atoms with Crippen LogP contribution in [0.3, 0.4) is 0 Å². The van der Waals surface area contributed by atoms with Gasteiger partial charge in [0, 0.05) is 24.1 Å². The summed E-state index contributed by atoms with van der Waals surface area (Å²) < 4.78 is 55.1. The minimum Gasteiger partial charge on any atom is -0.491 e. The van der Waals surface area contributed by atoms with Crippen molar-refractivity contribution >= 4 is 62.4 Å². The van der Waals surface area contributed by atoms with Crippen LogP contribution in [0.2, 0.25) is 0 Å². The first-order chi connectivity index (χ1) is 34.6. The lowest BCUT2D eigenvalue weighted by Crippen LogP contribution is -2.29. The van der Waals surface area contributed by atoms with E-state index in [-0.39, 0.29) is 93.7 Å². The number of nitriles is 1. The summed E-state index contributed by atoms with van der Waals surface area (Å²) in [5.74, 6) is -4.81. The number of carbonyl (C=O) groups is 5. The van der Waals surface area contributed by atoms with E-state index in [1.807, 2.05) is 37.3 Å². The molecular formula is C55H54N4O12S. The molecule has 3 N–H and O–H groups in total. The number of amides is 3. The molecule has 0 spiro atoms. The smallest absolute Gasteiger partial charge is 0.342 e. The number of allylic oxidation sites excluding steroid dienone is 1. The Morgan fingerprint density at radius 1 is 0.681 bits per heavy atom. The highest BCUT2D eigenvalue weighted by Gasteiger charge is 2.29. The summed E-state index contributed by atoms with van der Waals surface area (Å²) in [6, 6.07) is 26.9. The van der Waals surface area contributed by atoms with Crippen LogP contribution >= 0.6 is 0 Å². The van der Waals surface area contributed by atoms with Crippen molar-refractivity contribution in [3.8, 4) is 29.1 Å². The number of Topliss-reactive ketones (excluding diaryl/α,β-unsaturated/α-hetero) is 1. The molecule has 0 bridgehead atoms. The molecule has 1 atom stereocenters. The van der Waals surface area contributed by atoms with E-state index in [0.717, 1.165) is 11.1 Å². The lowest BCUT2D eigenvalue weighted by Gasteiger charge is -2.20. The first-order valence-corrected chi connectivity index (χ1v) is 23.9. The van der Waals surface area contributed by atoms with Gasteiger partial charge in [-0.15, -0.1) is 0 Å². The number of hydrogen-bond donors (Lipinski definition) is 3. The van der Waals surface area contributed by atoms with Gasteiger partial charge >= 0.3 is 5.97 Å². The number of aryl methyl sites for hydroxylation is 1. The highest BCUT2D eigenvalue weighted by Crippen LogP contribution is 2.42. The van der Waals surface area contributed by atoms with Crippen molar-refractivity contribution < 1.29 is 56.1 Å². The van der Waals surface area contributed by atoms with Crippen LogP contribution in [0.15, 0.2) is 145 Å². The zero-order chi connectivity index (χ0) is 52.4. The van der Waals surface area contributed by atoms with Crippen molar-refractivity contribution in [3.05, 3.63) is 174 Å². The number of carbonyl (C=O) groups excluding carboxylic acids is 5. The summed E-state index contributed by atoms with van der Waals surface area (Å²) in [6.45, 7) is 14.5. The fourth-order valence-electron chi connectivity index (χ4n) is 7.02. The minimum atomic E-state index is -4.06. The Morgan fingerprint density at radius 2 is 1.24 bits per heavy atom. The van der Waals surface area contributed by atoms with Crippen molar-refractivity contribution in [1.82, 2.24) is 0 Å². The number of sulfone groups is 1. The lowest BCUT2D eigenvalue weighted by atomic mass is 10.0. The molecule has 372 valence electrons. The van der Waals surface area contributed by atoms with E-state index in [1.165, 1.54) is 93.1 Å². The highest BCUT2D eigenvalue weighted by molar-refractivity contribution is 7.91. The molecule has 0 saturated carbocycles. The third-order valence-corrected chi connectivity index (χ3v) is 12.5. The van der Waals surface area contributed by atoms with E-state index in [0.29, 0.717) is 11.1 Å². The van der Waals surface area contributed by atoms with Gasteiger partial charge in [0.05, 0.1) is 53.8 Å². The molecule has 0 aliphatic heterocycles. The topological polar surface area (TPSA) is 226 Å². The summed E-state index contributed by atoms with van der Waals surface area (Å²) in [7, 11) is -1.41. The molecule has 5 aromatic rings. The number of hydrogen-bond acceptors (Lipinski definition) is 13. The molecule has 16 nitrogen and oxygen atoms in total. The molecule has 3 amide bonds. The molecule has 5 rings (SSSR count). The molecule has 0 fully saturated rings. The van der Waals surface area contributed by atoms with E-state index in [9.17, 15) is 37.7 Å². The monoisotopic (exact) mass is 994 g/mol. The minimum absolute atomic E-state index is 0.00253. The van der Waals surface area contributed by atoms with Crippen LogP contribution < -0.4 is 34.9 Å². The Morgan fingerprint density at radius 3 is 1.79 bits per heavy atom. The number of anilines is 3. The van der Waals surface area contributed by atoms with Crippen LogP contribution in [-0.2, 0) is 30.6 Å². The normalized spacial score (nSPS) is 11.4. The molecular weight excluding hydrogens is 941 g/mol. The van der Waals surface area contributed by atoms with E-state index < -0.39 is 51.6 Å². The van der Waals surface area contributed by atoms with E-state index in [4.69, 9.17) is 23.7 Å². The first kappa shape index (κ1) is 54.2. The maximum absolute atomic E-state index is 13.9. The number of benzene rings is 5. The van der Waals surface area contributed by atoms with E-state index in [1.54, 1.807) is 25.1 Å². The van der Waals surface area contributed by atoms with Crippen LogP contribution in [0.5, 0.6) is 23.0 Å². The lowest BCUT2D eigenvalue weighted by molar-refractivity contribution is -0.119. The Bertz CT molecular complexity index is 3030. The number of esters is 1. The van der Waals surface area contributed by atoms with E-state index >= 15 is 0 Å². The molecule has 0 unspecified atom stereocenters. The van der Waals surface area contributed by atoms with Crippen molar-refractivity contribution in [2.24, 2.45) is 5.92 Å². The number of nitrogens with one attached hydrogen (secondary N) is 3. The predicted octanol–water partition coefficient (Wildman–Crippen LogP) is 9.15. The van der Waals surface area contributed by atoms with Gasteiger partial charge in [0.2, 0.25) is 5.91 Å². The average molecular weight is 995 g/mol. The second-order valence-corrected chi connectivity index (χ2v) is 18.0. The van der Waals surface area contributed by atoms with Gasteiger partial charge in [-0.25, -0.2) is 13.2 Å². The van der Waals surface area contributed by atoms with Gasteiger partial charge in [-0.05, 0) is 97.3 Å². The summed E-state index contributed by atoms with van der Waals surface area (Å²) in [4.78, 5) is 66.6. The third kappa shape index (κ3) is 14.2. The van der Waals surface area contributed by atoms with Crippen molar-refractivity contribution in [3.63, 3.8) is 0 Å². The van der Waals surface area contributed by atoms with Crippen molar-refractivity contribution in [1.29, 1.82) is 5.26 Å². The Hall–Kier alpha value is -8.75. The van der Waals surface area contributed by atoms with Gasteiger partial charge in [0.25, 0.3) is 11.8 Å². The average Bonchev–Trinajstić information content (AvgIpc) is 3.37. The molecule has 0 aromatic heterocycles. The Kier molecular flexibility index (Phi) is 19.4. The van der Waals surface area contributed by atoms with Crippen LogP contribution in [0.4, 0.5) is 17.1 Å². The van der Waals surface area contributed by atoms with Crippen molar-refractivity contribution in [2.45, 2.75) is 31.6 Å². The van der Waals surface area contributed by atoms with Crippen LogP contribution in [0.1, 0.15) is 61.1 Å². The van der Waals surface area contributed by atoms with Gasteiger partial charge in [-0.3, -0.25) is 19.2 Å². The molecule has 17 heteroatoms. The maximum atomic E-state index is 13.9. The largest absolute Gasteiger partial charge is 0.491 e. The fraction of sp³-hybridized carbons (Fsp3) is 0.200. The summed E-state index contributed by atoms with van der Waals surface area (Å²) in [6.07, 6.45) is 5.78. The Labute approximate surface area is 418 Å². The van der Waals surface area contributed by atoms with Gasteiger partial charge in [-0.2, -0.15) is 5.26 Å². The highest BCUT2D eigenvalue weighted by atomic mass is 32.2. The van der Waals surface area contributed by atoms with E-state index in [2.05, 4.69) is 35.7 Å². The van der Waals surface area contributed by atoms with Gasteiger partial charge in [-0.1, -0.05) is 79.9 Å². The zero-order valence-corrected chi connectivity index (χ0v) is 41.1. The number of rotatable bonds is 25. The SMILES string of the molecule is C=CCOC(=O)c1ccc(NC(=O)c2ccc(NC(=O)c3ccc(NC(=O)[C@H](CC#N)CS(=O)(=O)c4ccc(CC(=O)/C(C)=C/c5ccc(C)cc5)cc4)cc3)c(OC)c2OCC=C)c(OC)c1OCC=C. The Balaban J connectivity index is 1.27. The fourth-order valence-corrected chi connectivity index (χ4v) is 8.56. The van der Waals surface area contributed by atoms with Crippen LogP contribution in [0.25, 0.3) is 6.08 Å². The number of ketones is 1. The molecule has 72 heavy (non-hydrogen) atoms. The number of methoxy groups -OCH3 is 2. The summed E-state index contributed by atoms with van der Waals surface area (Å²) >= 11 is 0. The van der Waals surface area contributed by atoms with Crippen LogP contribution in [0, 0.1) is 24.2 Å². The van der Waals surface area contributed by atoms with Crippen molar-refractivity contribution in [2.75, 3.05) is 55.7 Å². The number of ether oxygens (including phenoxy) is 5. The number of nitrogens with zero attached hydrogens (tertiary/aromatic N) is 1. The second-order valence-electron chi connectivity index (χ2n) is 15.9. The van der Waals surface area contributed by atoms with Gasteiger partial charge in [0.1, 0.15) is 25.4 Å². The first-order valence-electron chi connectivity index (χ1n) is 22.3. The quantitative estimate of drug-likeness (QED) is 0.0282. The summed E-state index contributed by atoms with van der Waals surface area (Å²) in [5.41, 5.74) is 3.79. The van der Waals surface area contributed by atoms with Gasteiger partial charge < -0.3 is 39.6 Å². The molecule has 0 aliphatic carbocycles.